The van der Waals surface area contributed by atoms with Gasteiger partial charge in [-0.1, -0.05) is 23.8 Å². The molecule has 7 nitrogen and oxygen atoms in total. The van der Waals surface area contributed by atoms with Crippen LogP contribution in [-0.4, -0.2) is 30.1 Å². The first-order valence-corrected chi connectivity index (χ1v) is 10.7. The molecule has 1 unspecified atom stereocenters. The Morgan fingerprint density at radius 1 is 1.13 bits per heavy atom. The molecular formula is C20H20F3N3O4S. The molecule has 0 bridgehead atoms. The smallest absolute Gasteiger partial charge is 0.345 e. The molecule has 0 aliphatic rings. The lowest BCUT2D eigenvalue weighted by Gasteiger charge is -2.23. The first kappa shape index (κ1) is 22.8. The van der Waals surface area contributed by atoms with E-state index in [9.17, 15) is 31.7 Å². The molecule has 0 aliphatic heterocycles. The van der Waals surface area contributed by atoms with Crippen LogP contribution in [0, 0.1) is 30.9 Å². The van der Waals surface area contributed by atoms with E-state index in [1.807, 2.05) is 0 Å². The summed E-state index contributed by atoms with van der Waals surface area (Å²) in [5, 5.41) is 11.3. The molecule has 0 saturated carbocycles. The summed E-state index contributed by atoms with van der Waals surface area (Å²) in [6.45, 7) is 4.03. The number of rotatable bonds is 6. The monoisotopic (exact) mass is 455 g/mol. The highest BCUT2D eigenvalue weighted by Gasteiger charge is 2.43. The van der Waals surface area contributed by atoms with Gasteiger partial charge in [-0.25, -0.2) is 8.42 Å². The molecule has 11 heteroatoms. The number of alkyl halides is 3. The number of benzene rings is 2. The molecule has 1 aromatic heterocycles. The number of hydrogen-bond donors (Lipinski definition) is 1. The number of aromatic nitrogens is 1. The normalized spacial score (nSPS) is 13.5. The van der Waals surface area contributed by atoms with Crippen LogP contribution in [0.25, 0.3) is 10.9 Å². The molecule has 31 heavy (non-hydrogen) atoms. The van der Waals surface area contributed by atoms with Crippen molar-refractivity contribution in [3.05, 3.63) is 69.4 Å². The molecule has 0 spiro atoms. The van der Waals surface area contributed by atoms with E-state index in [0.717, 1.165) is 10.1 Å². The van der Waals surface area contributed by atoms with E-state index in [-0.39, 0.29) is 21.5 Å². The number of nitrogens with one attached hydrogen (secondary N) is 1. The van der Waals surface area contributed by atoms with Crippen LogP contribution in [0.2, 0.25) is 0 Å². The Morgan fingerprint density at radius 2 is 1.74 bits per heavy atom. The minimum absolute atomic E-state index is 0.168. The molecule has 1 atom stereocenters. The minimum atomic E-state index is -4.89. The maximum Gasteiger partial charge on any atom is 0.406 e. The zero-order valence-corrected chi connectivity index (χ0v) is 17.7. The first-order chi connectivity index (χ1) is 14.3. The van der Waals surface area contributed by atoms with Gasteiger partial charge in [0.15, 0.2) is 0 Å². The minimum Gasteiger partial charge on any atom is -0.345 e. The van der Waals surface area contributed by atoms with Crippen molar-refractivity contribution in [1.29, 1.82) is 0 Å². The number of non-ortho nitro benzene ring substituents is 1. The van der Waals surface area contributed by atoms with Gasteiger partial charge in [0, 0.05) is 18.8 Å². The van der Waals surface area contributed by atoms with E-state index in [1.54, 1.807) is 23.8 Å². The van der Waals surface area contributed by atoms with Gasteiger partial charge in [0.1, 0.15) is 6.04 Å². The molecule has 0 radical (unpaired) electrons. The Balaban J connectivity index is 2.01. The number of nitrogens with zero attached hydrogens (tertiary/aromatic N) is 2. The van der Waals surface area contributed by atoms with E-state index in [4.69, 9.17) is 0 Å². The van der Waals surface area contributed by atoms with Gasteiger partial charge in [0.05, 0.1) is 20.7 Å². The summed E-state index contributed by atoms with van der Waals surface area (Å²) < 4.78 is 70.0. The Hall–Kier alpha value is -2.92. The molecule has 0 fully saturated rings. The van der Waals surface area contributed by atoms with Crippen LogP contribution in [0.15, 0.2) is 47.5 Å². The van der Waals surface area contributed by atoms with Crippen molar-refractivity contribution >= 4 is 26.6 Å². The fourth-order valence-corrected chi connectivity index (χ4v) is 5.43. The molecule has 3 aromatic rings. The average molecular weight is 455 g/mol. The fraction of sp³-hybridized carbons (Fsp3) is 0.300. The number of halogens is 3. The topological polar surface area (TPSA) is 94.2 Å². The third kappa shape index (κ3) is 4.57. The van der Waals surface area contributed by atoms with Gasteiger partial charge in [-0.05, 0) is 44.0 Å². The van der Waals surface area contributed by atoms with Crippen molar-refractivity contribution < 1.29 is 26.5 Å². The molecule has 3 rings (SSSR count). The standard InChI is InChI=1S/C20H20F3N3O4S/c1-12-9-13(2)19(14(3)10-12)31(29,30)24-18(20(21,22)23)11-25-8-7-15-16(25)5-4-6-17(15)26(27)28/h4-10,18,24H,11H2,1-3H3. The SMILES string of the molecule is Cc1cc(C)c(S(=O)(=O)NC(Cn2ccc3c([N+](=O)[O-])cccc32)C(F)(F)F)c(C)c1. The second kappa shape index (κ2) is 7.97. The van der Waals surface area contributed by atoms with Crippen molar-refractivity contribution in [2.24, 2.45) is 0 Å². The number of fused-ring (bicyclic) bond motifs is 1. The van der Waals surface area contributed by atoms with Gasteiger partial charge in [0.25, 0.3) is 5.69 Å². The predicted molar refractivity (Wildman–Crippen MR) is 109 cm³/mol. The van der Waals surface area contributed by atoms with Crippen molar-refractivity contribution in [3.8, 4) is 0 Å². The van der Waals surface area contributed by atoms with Gasteiger partial charge in [-0.3, -0.25) is 10.1 Å². The Kier molecular flexibility index (Phi) is 5.85. The number of nitro benzene ring substituents is 1. The third-order valence-corrected chi connectivity index (χ3v) is 6.71. The van der Waals surface area contributed by atoms with Crippen LogP contribution in [0.1, 0.15) is 16.7 Å². The van der Waals surface area contributed by atoms with Crippen LogP contribution in [-0.2, 0) is 16.6 Å². The first-order valence-electron chi connectivity index (χ1n) is 9.20. The number of aryl methyl sites for hydroxylation is 3. The maximum atomic E-state index is 13.8. The Labute approximate surface area is 176 Å². The zero-order chi connectivity index (χ0) is 23.1. The van der Waals surface area contributed by atoms with Gasteiger partial charge in [-0.2, -0.15) is 17.9 Å². The van der Waals surface area contributed by atoms with E-state index in [2.05, 4.69) is 0 Å². The zero-order valence-electron chi connectivity index (χ0n) is 16.9. The summed E-state index contributed by atoms with van der Waals surface area (Å²) in [5.41, 5.74) is 1.43. The van der Waals surface area contributed by atoms with E-state index >= 15 is 0 Å². The van der Waals surface area contributed by atoms with Crippen LogP contribution >= 0.6 is 0 Å². The number of hydrogen-bond acceptors (Lipinski definition) is 4. The lowest BCUT2D eigenvalue weighted by atomic mass is 10.1. The average Bonchev–Trinajstić information content (AvgIpc) is 3.02. The molecule has 0 amide bonds. The summed E-state index contributed by atoms with van der Waals surface area (Å²) in [6, 6.07) is 6.13. The summed E-state index contributed by atoms with van der Waals surface area (Å²) in [5.74, 6) is 0. The summed E-state index contributed by atoms with van der Waals surface area (Å²) in [6.07, 6.45) is -3.62. The van der Waals surface area contributed by atoms with Crippen LogP contribution in [0.4, 0.5) is 18.9 Å². The highest BCUT2D eigenvalue weighted by atomic mass is 32.2. The van der Waals surface area contributed by atoms with Crippen molar-refractivity contribution in [2.75, 3.05) is 0 Å². The molecule has 0 aliphatic carbocycles. The summed E-state index contributed by atoms with van der Waals surface area (Å²) in [4.78, 5) is 10.3. The molecule has 0 saturated heterocycles. The lowest BCUT2D eigenvalue weighted by molar-refractivity contribution is -0.383. The summed E-state index contributed by atoms with van der Waals surface area (Å²) >= 11 is 0. The quantitative estimate of drug-likeness (QED) is 0.441. The van der Waals surface area contributed by atoms with Gasteiger partial charge >= 0.3 is 6.18 Å². The third-order valence-electron chi connectivity index (χ3n) is 4.93. The second-order valence-electron chi connectivity index (χ2n) is 7.38. The highest BCUT2D eigenvalue weighted by Crippen LogP contribution is 2.30. The summed E-state index contributed by atoms with van der Waals surface area (Å²) in [7, 11) is -4.49. The molecule has 1 N–H and O–H groups in total. The largest absolute Gasteiger partial charge is 0.406 e. The lowest BCUT2D eigenvalue weighted by Crippen LogP contribution is -2.48. The Bertz CT molecular complexity index is 1240. The number of nitro groups is 1. The fourth-order valence-electron chi connectivity index (χ4n) is 3.77. The van der Waals surface area contributed by atoms with Crippen molar-refractivity contribution in [2.45, 2.75) is 44.4 Å². The van der Waals surface area contributed by atoms with E-state index < -0.39 is 33.7 Å². The molecule has 166 valence electrons. The second-order valence-corrected chi connectivity index (χ2v) is 9.03. The predicted octanol–water partition coefficient (Wildman–Crippen LogP) is 4.38. The highest BCUT2D eigenvalue weighted by molar-refractivity contribution is 7.89. The Morgan fingerprint density at radius 3 is 2.29 bits per heavy atom. The molecular weight excluding hydrogens is 435 g/mol. The van der Waals surface area contributed by atoms with Gasteiger partial charge in [0.2, 0.25) is 10.0 Å². The van der Waals surface area contributed by atoms with Crippen LogP contribution in [0.3, 0.4) is 0 Å². The molecule has 2 aromatic carbocycles. The van der Waals surface area contributed by atoms with E-state index in [0.29, 0.717) is 11.1 Å². The van der Waals surface area contributed by atoms with Crippen molar-refractivity contribution in [3.63, 3.8) is 0 Å². The van der Waals surface area contributed by atoms with Crippen LogP contribution in [0.5, 0.6) is 0 Å². The van der Waals surface area contributed by atoms with Crippen LogP contribution < -0.4 is 4.72 Å². The van der Waals surface area contributed by atoms with Gasteiger partial charge < -0.3 is 4.57 Å². The van der Waals surface area contributed by atoms with Gasteiger partial charge in [-0.15, -0.1) is 0 Å². The number of sulfonamides is 1. The van der Waals surface area contributed by atoms with E-state index in [1.165, 1.54) is 44.3 Å². The molecule has 1 heterocycles. The maximum absolute atomic E-state index is 13.8. The van der Waals surface area contributed by atoms with Crippen molar-refractivity contribution in [1.82, 2.24) is 9.29 Å².